The van der Waals surface area contributed by atoms with Gasteiger partial charge in [0.05, 0.1) is 0 Å². The molecule has 12 aromatic carbocycles. The number of fused-ring (bicyclic) bond motifs is 5. The van der Waals surface area contributed by atoms with Crippen LogP contribution in [0.25, 0.3) is 132 Å². The molecule has 0 saturated carbocycles. The smallest absolute Gasteiger partial charge is 0.0491 e. The predicted octanol–water partition coefficient (Wildman–Crippen LogP) is 22.7. The van der Waals surface area contributed by atoms with E-state index in [1.807, 2.05) is 0 Å². The third kappa shape index (κ3) is 8.09. The minimum Gasteiger partial charge on any atom is -0.0836 e. The molecule has 1 aliphatic carbocycles. The lowest BCUT2D eigenvalue weighted by Crippen LogP contribution is -2.17. The van der Waals surface area contributed by atoms with Crippen LogP contribution in [0.15, 0.2) is 188 Å². The van der Waals surface area contributed by atoms with E-state index in [1.165, 1.54) is 126 Å². The summed E-state index contributed by atoms with van der Waals surface area (Å²) >= 11 is 8.11. The molecule has 0 radical (unpaired) electrons. The summed E-state index contributed by atoms with van der Waals surface area (Å²) in [6, 6.07) is 71.9. The van der Waals surface area contributed by atoms with Crippen LogP contribution < -0.4 is 0 Å². The zero-order chi connectivity index (χ0) is 53.7. The number of hydrogen-bond acceptors (Lipinski definition) is 0. The Morgan fingerprint density at radius 2 is 0.727 bits per heavy atom. The highest BCUT2D eigenvalue weighted by Crippen LogP contribution is 2.61. The van der Waals surface area contributed by atoms with Crippen molar-refractivity contribution in [1.29, 1.82) is 0 Å². The zero-order valence-electron chi connectivity index (χ0n) is 46.8. The molecule has 0 spiro atoms. The average Bonchev–Trinajstić information content (AvgIpc) is 3.52. The Kier molecular flexibility index (Phi) is 11.0. The highest BCUT2D eigenvalue weighted by atomic mass is 35.5. The predicted molar refractivity (Wildman–Crippen MR) is 337 cm³/mol. The molecule has 0 heterocycles. The molecule has 0 bridgehead atoms. The molecule has 0 nitrogen and oxygen atoms in total. The highest BCUT2D eigenvalue weighted by Gasteiger charge is 2.35. The monoisotopic (exact) mass is 1010 g/mol. The second-order valence-corrected chi connectivity index (χ2v) is 26.7. The molecule has 0 N–H and O–H groups in total. The maximum atomic E-state index is 8.11. The van der Waals surface area contributed by atoms with E-state index >= 15 is 0 Å². The summed E-state index contributed by atoms with van der Waals surface area (Å²) in [6.07, 6.45) is 0. The van der Waals surface area contributed by atoms with Crippen LogP contribution in [-0.2, 0) is 21.7 Å². The maximum Gasteiger partial charge on any atom is 0.0491 e. The summed E-state index contributed by atoms with van der Waals surface area (Å²) in [5.74, 6) is 0. The van der Waals surface area contributed by atoms with Gasteiger partial charge in [-0.2, -0.15) is 0 Å². The van der Waals surface area contributed by atoms with Gasteiger partial charge in [0, 0.05) is 10.6 Å². The second-order valence-electron chi connectivity index (χ2n) is 26.3. The van der Waals surface area contributed by atoms with E-state index < -0.39 is 0 Å². The lowest BCUT2D eigenvalue weighted by molar-refractivity contribution is 0.568. The lowest BCUT2D eigenvalue weighted by atomic mass is 9.75. The van der Waals surface area contributed by atoms with Crippen LogP contribution in [0.2, 0.25) is 5.02 Å². The molecule has 0 aliphatic heterocycles. The quantitative estimate of drug-likeness (QED) is 0.151. The van der Waals surface area contributed by atoms with Gasteiger partial charge in [-0.3, -0.25) is 0 Å². The van der Waals surface area contributed by atoms with Gasteiger partial charge in [0.15, 0.2) is 0 Å². The van der Waals surface area contributed by atoms with Crippen molar-refractivity contribution in [2.24, 2.45) is 0 Å². The van der Waals surface area contributed by atoms with Crippen LogP contribution in [0.4, 0.5) is 0 Å². The van der Waals surface area contributed by atoms with Crippen molar-refractivity contribution in [3.8, 4) is 77.9 Å². The Balaban J connectivity index is 1.24. The normalized spacial score (nSPS) is 13.0. The van der Waals surface area contributed by atoms with Crippen LogP contribution in [0.3, 0.4) is 0 Å². The van der Waals surface area contributed by atoms with E-state index in [0.29, 0.717) is 0 Å². The summed E-state index contributed by atoms with van der Waals surface area (Å²) in [7, 11) is 0. The van der Waals surface area contributed by atoms with Crippen molar-refractivity contribution < 1.29 is 0 Å². The Morgan fingerprint density at radius 3 is 1.34 bits per heavy atom. The lowest BCUT2D eigenvalue weighted by Gasteiger charge is -2.29. The molecule has 1 aliphatic rings. The number of hydrogen-bond donors (Lipinski definition) is 0. The molecule has 12 aromatic rings. The average molecular weight is 1020 g/mol. The van der Waals surface area contributed by atoms with Gasteiger partial charge in [0.1, 0.15) is 0 Å². The largest absolute Gasteiger partial charge is 0.0836 e. The Bertz CT molecular complexity index is 4340. The zero-order valence-corrected chi connectivity index (χ0v) is 47.5. The van der Waals surface area contributed by atoms with Crippen molar-refractivity contribution in [2.45, 2.75) is 105 Å². The summed E-state index contributed by atoms with van der Waals surface area (Å²) in [5.41, 5.74) is 21.8. The standard InChI is InChI=1S/C76H67Cl/c1-73(2,3)54-34-52(35-55(40-54)74(4,5)6)67-62-42-61(58-31-30-49(44-19-14-13-15-20-44)38-60(58)50-28-25-45-21-16-17-22-48(45)33-50)65(77)43-63(62)68(53-36-56(75(7,8)9)41-57(37-53)76(10,11)12)71-59-32-29-47-27-26-46-23-18-24-51-39-64(72(67)71)70(59)69(47)66(46)51/h13-43H,1-12H3. The molecule has 378 valence electrons. The molecule has 0 saturated heterocycles. The fourth-order valence-corrected chi connectivity index (χ4v) is 12.8. The van der Waals surface area contributed by atoms with Gasteiger partial charge in [-0.25, -0.2) is 0 Å². The third-order valence-corrected chi connectivity index (χ3v) is 17.3. The molecule has 0 atom stereocenters. The van der Waals surface area contributed by atoms with Crippen LogP contribution >= 0.6 is 11.6 Å². The van der Waals surface area contributed by atoms with Crippen molar-refractivity contribution in [1.82, 2.24) is 0 Å². The Morgan fingerprint density at radius 1 is 0.247 bits per heavy atom. The van der Waals surface area contributed by atoms with Crippen LogP contribution in [-0.4, -0.2) is 0 Å². The fraction of sp³-hybridized carbons (Fsp3) is 0.211. The Hall–Kier alpha value is -7.51. The SMILES string of the molecule is CC(C)(C)c1cc(-c2c3c(c(-c4cc(C(C)(C)C)cc(C(C)(C)C)c4)c4cc(-c5ccc(-c6ccccc6)cc5-c5ccc6ccccc6c5)c(Cl)cc24)-c2cc4cccc5ccc6ccc-3c2c6c54)cc(C(C)(C)C)c1. The first-order chi connectivity index (χ1) is 36.6. The molecule has 0 aromatic heterocycles. The summed E-state index contributed by atoms with van der Waals surface area (Å²) in [6.45, 7) is 28.3. The second kappa shape index (κ2) is 17.2. The maximum absolute atomic E-state index is 8.11. The minimum absolute atomic E-state index is 0.100. The highest BCUT2D eigenvalue weighted by molar-refractivity contribution is 6.38. The van der Waals surface area contributed by atoms with E-state index in [-0.39, 0.29) is 21.7 Å². The third-order valence-electron chi connectivity index (χ3n) is 16.9. The van der Waals surface area contributed by atoms with E-state index in [2.05, 4.69) is 271 Å². The van der Waals surface area contributed by atoms with Gasteiger partial charge in [0.25, 0.3) is 0 Å². The topological polar surface area (TPSA) is 0 Å². The van der Waals surface area contributed by atoms with Crippen LogP contribution in [0, 0.1) is 0 Å². The van der Waals surface area contributed by atoms with Crippen LogP contribution in [0.1, 0.15) is 105 Å². The van der Waals surface area contributed by atoms with Gasteiger partial charge in [-0.1, -0.05) is 252 Å². The molecule has 0 unspecified atom stereocenters. The van der Waals surface area contributed by atoms with Crippen molar-refractivity contribution >= 4 is 65.5 Å². The molecular formula is C76H67Cl. The number of rotatable bonds is 5. The van der Waals surface area contributed by atoms with Crippen molar-refractivity contribution in [2.75, 3.05) is 0 Å². The molecule has 1 heteroatoms. The Labute approximate surface area is 460 Å². The fourth-order valence-electron chi connectivity index (χ4n) is 12.6. The summed E-state index contributed by atoms with van der Waals surface area (Å²) in [4.78, 5) is 0. The first-order valence-electron chi connectivity index (χ1n) is 27.7. The van der Waals surface area contributed by atoms with Gasteiger partial charge < -0.3 is 0 Å². The van der Waals surface area contributed by atoms with E-state index in [0.717, 1.165) is 32.7 Å². The van der Waals surface area contributed by atoms with E-state index in [4.69, 9.17) is 11.6 Å². The number of benzene rings is 12. The van der Waals surface area contributed by atoms with Crippen LogP contribution in [0.5, 0.6) is 0 Å². The molecule has 0 amide bonds. The summed E-state index contributed by atoms with van der Waals surface area (Å²) in [5, 5.41) is 13.4. The summed E-state index contributed by atoms with van der Waals surface area (Å²) < 4.78 is 0. The first-order valence-corrected chi connectivity index (χ1v) is 28.0. The van der Waals surface area contributed by atoms with E-state index in [1.54, 1.807) is 0 Å². The van der Waals surface area contributed by atoms with Crippen molar-refractivity contribution in [3.63, 3.8) is 0 Å². The number of halogens is 1. The van der Waals surface area contributed by atoms with Gasteiger partial charge in [0.2, 0.25) is 0 Å². The van der Waals surface area contributed by atoms with Gasteiger partial charge in [-0.05, 0) is 200 Å². The van der Waals surface area contributed by atoms with Gasteiger partial charge in [-0.15, -0.1) is 0 Å². The molecule has 13 rings (SSSR count). The van der Waals surface area contributed by atoms with Crippen molar-refractivity contribution in [3.05, 3.63) is 215 Å². The minimum atomic E-state index is -0.108. The van der Waals surface area contributed by atoms with E-state index in [9.17, 15) is 0 Å². The molecular weight excluding hydrogens is 948 g/mol. The molecule has 77 heavy (non-hydrogen) atoms. The first kappa shape index (κ1) is 49.1. The van der Waals surface area contributed by atoms with Gasteiger partial charge >= 0.3 is 0 Å². The molecule has 0 fully saturated rings.